The molecule has 1 aromatic heterocycles. The van der Waals surface area contributed by atoms with Gasteiger partial charge in [-0.25, -0.2) is 4.98 Å². The molecule has 2 aromatic carbocycles. The molecule has 1 N–H and O–H groups in total. The smallest absolute Gasteiger partial charge is 0.147 e. The van der Waals surface area contributed by atoms with Gasteiger partial charge in [0, 0.05) is 23.6 Å². The van der Waals surface area contributed by atoms with Crippen molar-refractivity contribution in [3.63, 3.8) is 0 Å². The van der Waals surface area contributed by atoms with Gasteiger partial charge in [-0.1, -0.05) is 72.3 Å². The third-order valence-electron chi connectivity index (χ3n) is 7.09. The van der Waals surface area contributed by atoms with Crippen LogP contribution >= 0.6 is 11.6 Å². The van der Waals surface area contributed by atoms with Gasteiger partial charge in [0.1, 0.15) is 11.2 Å². The van der Waals surface area contributed by atoms with Crippen molar-refractivity contribution in [1.29, 1.82) is 5.26 Å². The lowest BCUT2D eigenvalue weighted by molar-refractivity contribution is 0.202. The molecule has 0 aliphatic carbocycles. The van der Waals surface area contributed by atoms with Crippen molar-refractivity contribution >= 4 is 17.3 Å². The number of hydrazone groups is 1. The number of hydrogen-bond donors (Lipinski definition) is 1. The van der Waals surface area contributed by atoms with Gasteiger partial charge in [0.25, 0.3) is 0 Å². The molecule has 0 amide bonds. The van der Waals surface area contributed by atoms with Crippen molar-refractivity contribution in [2.45, 2.75) is 25.8 Å². The number of likely N-dealkylation sites (tertiary alicyclic amines) is 1. The molecule has 0 unspecified atom stereocenters. The molecule has 0 bridgehead atoms. The van der Waals surface area contributed by atoms with E-state index in [0.29, 0.717) is 11.5 Å². The Bertz CT molecular complexity index is 1360. The minimum absolute atomic E-state index is 0.230. The maximum Gasteiger partial charge on any atom is 0.147 e. The topological polar surface area (TPSA) is 64.3 Å². The number of rotatable bonds is 7. The molecule has 37 heavy (non-hydrogen) atoms. The van der Waals surface area contributed by atoms with Gasteiger partial charge in [-0.05, 0) is 61.2 Å². The molecule has 3 aromatic rings. The highest BCUT2D eigenvalue weighted by molar-refractivity contribution is 6.30. The molecule has 2 aliphatic rings. The van der Waals surface area contributed by atoms with Gasteiger partial charge in [0.15, 0.2) is 0 Å². The first kappa shape index (κ1) is 25.0. The first-order valence-corrected chi connectivity index (χ1v) is 13.1. The highest BCUT2D eigenvalue weighted by atomic mass is 35.5. The average molecular weight is 508 g/mol. The normalized spacial score (nSPS) is 16.3. The number of pyridine rings is 1. The molecule has 1 fully saturated rings. The Labute approximate surface area is 223 Å². The summed E-state index contributed by atoms with van der Waals surface area (Å²) in [6.45, 7) is 7.71. The first-order valence-electron chi connectivity index (χ1n) is 12.7. The van der Waals surface area contributed by atoms with Gasteiger partial charge < -0.3 is 5.43 Å². The highest BCUT2D eigenvalue weighted by Gasteiger charge is 2.24. The second kappa shape index (κ2) is 11.6. The Morgan fingerprint density at radius 3 is 2.54 bits per heavy atom. The predicted octanol–water partition coefficient (Wildman–Crippen LogP) is 6.61. The van der Waals surface area contributed by atoms with Crippen LogP contribution in [0.1, 0.15) is 30.4 Å². The molecule has 0 radical (unpaired) electrons. The summed E-state index contributed by atoms with van der Waals surface area (Å²) >= 11 is 6.33. The van der Waals surface area contributed by atoms with E-state index >= 15 is 0 Å². The maximum atomic E-state index is 9.47. The number of nitrogens with one attached hydrogen (secondary N) is 1. The van der Waals surface area contributed by atoms with Crippen LogP contribution in [0.15, 0.2) is 90.1 Å². The highest BCUT2D eigenvalue weighted by Crippen LogP contribution is 2.34. The summed E-state index contributed by atoms with van der Waals surface area (Å²) < 4.78 is 0. The average Bonchev–Trinajstić information content (AvgIpc) is 2.94. The van der Waals surface area contributed by atoms with E-state index in [9.17, 15) is 5.26 Å². The zero-order valence-corrected chi connectivity index (χ0v) is 21.6. The third-order valence-corrected chi connectivity index (χ3v) is 7.38. The molecule has 2 aliphatic heterocycles. The Balaban J connectivity index is 1.27. The van der Waals surface area contributed by atoms with Crippen LogP contribution in [0.4, 0.5) is 0 Å². The van der Waals surface area contributed by atoms with Crippen molar-refractivity contribution in [2.24, 2.45) is 11.0 Å². The van der Waals surface area contributed by atoms with Crippen molar-refractivity contribution in [1.82, 2.24) is 15.3 Å². The fraction of sp³-hybridized carbons (Fsp3) is 0.258. The summed E-state index contributed by atoms with van der Waals surface area (Å²) in [7, 11) is 0. The summed E-state index contributed by atoms with van der Waals surface area (Å²) in [5, 5.41) is 14.3. The molecule has 0 atom stereocenters. The number of allylic oxidation sites excluding steroid dienone is 2. The lowest BCUT2D eigenvalue weighted by atomic mass is 9.89. The monoisotopic (exact) mass is 507 g/mol. The first-order chi connectivity index (χ1) is 18.1. The maximum absolute atomic E-state index is 9.47. The van der Waals surface area contributed by atoms with Crippen LogP contribution < -0.4 is 5.43 Å². The SMILES string of the molecule is C=CCC1=CC(C2CCN(Cc3ccc(-c4nc(Cl)c(C#N)cc4-c4ccccc4)cc3)CC2)=NNC1. The molecular weight excluding hydrogens is 478 g/mol. The number of hydrogen-bond acceptors (Lipinski definition) is 5. The second-order valence-corrected chi connectivity index (χ2v) is 9.97. The molecule has 0 saturated carbocycles. The van der Waals surface area contributed by atoms with Crippen LogP contribution in [0.5, 0.6) is 0 Å². The van der Waals surface area contributed by atoms with Crippen LogP contribution in [0, 0.1) is 17.2 Å². The van der Waals surface area contributed by atoms with Crippen molar-refractivity contribution in [3.8, 4) is 28.5 Å². The molecule has 6 heteroatoms. The van der Waals surface area contributed by atoms with Gasteiger partial charge in [0.05, 0.1) is 23.5 Å². The van der Waals surface area contributed by atoms with Gasteiger partial charge in [-0.15, -0.1) is 6.58 Å². The van der Waals surface area contributed by atoms with Gasteiger partial charge in [0.2, 0.25) is 0 Å². The molecule has 5 rings (SSSR count). The summed E-state index contributed by atoms with van der Waals surface area (Å²) in [6.07, 6.45) is 7.37. The van der Waals surface area contributed by atoms with Crippen molar-refractivity contribution in [2.75, 3.05) is 19.6 Å². The van der Waals surface area contributed by atoms with E-state index in [1.165, 1.54) is 16.8 Å². The van der Waals surface area contributed by atoms with Crippen LogP contribution in [0.3, 0.4) is 0 Å². The van der Waals surface area contributed by atoms with E-state index in [4.69, 9.17) is 11.6 Å². The van der Waals surface area contributed by atoms with E-state index in [1.54, 1.807) is 0 Å². The van der Waals surface area contributed by atoms with Crippen LogP contribution in [0.25, 0.3) is 22.4 Å². The molecule has 3 heterocycles. The second-order valence-electron chi connectivity index (χ2n) is 9.62. The molecule has 5 nitrogen and oxygen atoms in total. The van der Waals surface area contributed by atoms with Crippen molar-refractivity contribution < 1.29 is 0 Å². The molecule has 0 spiro atoms. The number of halogens is 1. The molecule has 186 valence electrons. The number of aromatic nitrogens is 1. The summed E-state index contributed by atoms with van der Waals surface area (Å²) in [6, 6.07) is 22.5. The Morgan fingerprint density at radius 1 is 1.08 bits per heavy atom. The van der Waals surface area contributed by atoms with Crippen LogP contribution in [-0.4, -0.2) is 35.2 Å². The Kier molecular flexibility index (Phi) is 7.79. The quantitative estimate of drug-likeness (QED) is 0.288. The van der Waals surface area contributed by atoms with Gasteiger partial charge in [-0.2, -0.15) is 10.4 Å². The standard InChI is InChI=1S/C31H30ClN5/c1-2-6-23-17-29(36-34-20-23)25-13-15-37(16-14-25)21-22-9-11-26(12-10-22)30-28(24-7-4-3-5-8-24)18-27(19-33)31(32)35-30/h2-5,7-12,17-18,25,34H,1,6,13-16,20-21H2. The lowest BCUT2D eigenvalue weighted by Gasteiger charge is -2.32. The van der Waals surface area contributed by atoms with Crippen molar-refractivity contribution in [3.05, 3.63) is 101 Å². The van der Waals surface area contributed by atoms with E-state index in [0.717, 1.165) is 67.8 Å². The third kappa shape index (κ3) is 5.83. The minimum Gasteiger partial charge on any atom is -0.306 e. The fourth-order valence-electron chi connectivity index (χ4n) is 5.09. The summed E-state index contributed by atoms with van der Waals surface area (Å²) in [5.41, 5.74) is 11.1. The predicted molar refractivity (Wildman–Crippen MR) is 151 cm³/mol. The van der Waals surface area contributed by atoms with Crippen LogP contribution in [-0.2, 0) is 6.54 Å². The summed E-state index contributed by atoms with van der Waals surface area (Å²) in [4.78, 5) is 7.13. The number of nitrogens with zero attached hydrogens (tertiary/aromatic N) is 4. The van der Waals surface area contributed by atoms with E-state index in [1.807, 2.05) is 42.5 Å². The number of nitriles is 1. The van der Waals surface area contributed by atoms with Gasteiger partial charge in [-0.3, -0.25) is 4.90 Å². The zero-order valence-electron chi connectivity index (χ0n) is 20.8. The minimum atomic E-state index is 0.230. The van der Waals surface area contributed by atoms with E-state index in [-0.39, 0.29) is 5.15 Å². The summed E-state index contributed by atoms with van der Waals surface area (Å²) in [5.74, 6) is 0.509. The Hall–Kier alpha value is -3.72. The Morgan fingerprint density at radius 2 is 1.84 bits per heavy atom. The van der Waals surface area contributed by atoms with Crippen LogP contribution in [0.2, 0.25) is 5.15 Å². The number of benzene rings is 2. The van der Waals surface area contributed by atoms with Gasteiger partial charge >= 0.3 is 0 Å². The zero-order chi connectivity index (χ0) is 25.6. The van der Waals surface area contributed by atoms with E-state index < -0.39 is 0 Å². The molecule has 1 saturated heterocycles. The lowest BCUT2D eigenvalue weighted by Crippen LogP contribution is -2.37. The fourth-order valence-corrected chi connectivity index (χ4v) is 5.27. The molecular formula is C31H30ClN5. The largest absolute Gasteiger partial charge is 0.306 e. The van der Waals surface area contributed by atoms with E-state index in [2.05, 4.69) is 63.4 Å². The number of piperidine rings is 1.